The molecule has 0 fully saturated rings. The summed E-state index contributed by atoms with van der Waals surface area (Å²) in [5, 5.41) is 8.82. The maximum absolute atomic E-state index is 10.8. The fraction of sp³-hybridized carbons (Fsp3) is 0.300. The quantitative estimate of drug-likeness (QED) is 0.661. The van der Waals surface area contributed by atoms with Crippen molar-refractivity contribution in [2.45, 2.75) is 23.8 Å². The number of carboxylic acids is 1. The molecule has 0 unspecified atom stereocenters. The lowest BCUT2D eigenvalue weighted by atomic mass is 9.94. The summed E-state index contributed by atoms with van der Waals surface area (Å²) in [6.45, 7) is 1.50. The van der Waals surface area contributed by atoms with Gasteiger partial charge in [0.05, 0.1) is 0 Å². The van der Waals surface area contributed by atoms with Crippen LogP contribution >= 0.6 is 12.6 Å². The lowest BCUT2D eigenvalue weighted by Crippen LogP contribution is -2.46. The Balaban J connectivity index is 2.79. The average molecular weight is 211 g/mol. The van der Waals surface area contributed by atoms with E-state index < -0.39 is 11.5 Å². The van der Waals surface area contributed by atoms with Crippen LogP contribution < -0.4 is 5.73 Å². The van der Waals surface area contributed by atoms with E-state index in [4.69, 9.17) is 10.8 Å². The summed E-state index contributed by atoms with van der Waals surface area (Å²) in [6.07, 6.45) is 0.316. The van der Waals surface area contributed by atoms with Gasteiger partial charge in [-0.25, -0.2) is 0 Å². The highest BCUT2D eigenvalue weighted by Gasteiger charge is 2.27. The van der Waals surface area contributed by atoms with Crippen LogP contribution in [-0.4, -0.2) is 16.6 Å². The minimum absolute atomic E-state index is 0.316. The second-order valence-electron chi connectivity index (χ2n) is 3.57. The van der Waals surface area contributed by atoms with E-state index in [1.807, 2.05) is 24.3 Å². The molecule has 0 aliphatic rings. The Hall–Kier alpha value is -1.00. The molecule has 1 aromatic rings. The average Bonchev–Trinajstić information content (AvgIpc) is 2.08. The van der Waals surface area contributed by atoms with Gasteiger partial charge in [-0.2, -0.15) is 0 Å². The molecule has 4 heteroatoms. The molecule has 0 spiro atoms. The van der Waals surface area contributed by atoms with Crippen LogP contribution in [0.4, 0.5) is 0 Å². The minimum atomic E-state index is -1.21. The van der Waals surface area contributed by atoms with Crippen LogP contribution in [0.3, 0.4) is 0 Å². The molecule has 0 saturated carbocycles. The number of rotatable bonds is 3. The molecule has 3 nitrogen and oxygen atoms in total. The van der Waals surface area contributed by atoms with Crippen molar-refractivity contribution in [1.82, 2.24) is 0 Å². The van der Waals surface area contributed by atoms with Crippen LogP contribution in [0.25, 0.3) is 0 Å². The van der Waals surface area contributed by atoms with Crippen molar-refractivity contribution in [2.75, 3.05) is 0 Å². The summed E-state index contributed by atoms with van der Waals surface area (Å²) < 4.78 is 0. The number of aliphatic carboxylic acids is 1. The third-order valence-corrected chi connectivity index (χ3v) is 2.29. The van der Waals surface area contributed by atoms with Gasteiger partial charge in [-0.1, -0.05) is 12.1 Å². The number of carboxylic acid groups (broad SMARTS) is 1. The molecule has 0 aliphatic carbocycles. The van der Waals surface area contributed by atoms with E-state index in [0.29, 0.717) is 6.42 Å². The van der Waals surface area contributed by atoms with Crippen molar-refractivity contribution in [2.24, 2.45) is 5.73 Å². The first-order valence-corrected chi connectivity index (χ1v) is 4.67. The Morgan fingerprint density at radius 2 is 2.00 bits per heavy atom. The van der Waals surface area contributed by atoms with E-state index in [0.717, 1.165) is 10.5 Å². The van der Waals surface area contributed by atoms with Gasteiger partial charge in [-0.15, -0.1) is 12.6 Å². The lowest BCUT2D eigenvalue weighted by Gasteiger charge is -2.18. The van der Waals surface area contributed by atoms with E-state index >= 15 is 0 Å². The number of carbonyl (C=O) groups is 1. The van der Waals surface area contributed by atoms with E-state index in [1.165, 1.54) is 6.92 Å². The summed E-state index contributed by atoms with van der Waals surface area (Å²) in [7, 11) is 0. The fourth-order valence-corrected chi connectivity index (χ4v) is 1.26. The largest absolute Gasteiger partial charge is 0.480 e. The minimum Gasteiger partial charge on any atom is -0.480 e. The van der Waals surface area contributed by atoms with Crippen LogP contribution in [0.5, 0.6) is 0 Å². The zero-order valence-corrected chi connectivity index (χ0v) is 8.79. The topological polar surface area (TPSA) is 63.3 Å². The number of thiol groups is 1. The maximum atomic E-state index is 10.8. The molecule has 3 N–H and O–H groups in total. The van der Waals surface area contributed by atoms with Crippen LogP contribution in [-0.2, 0) is 11.2 Å². The van der Waals surface area contributed by atoms with Crippen LogP contribution in [0.2, 0.25) is 0 Å². The van der Waals surface area contributed by atoms with Gasteiger partial charge in [0.2, 0.25) is 0 Å². The third kappa shape index (κ3) is 2.75. The Morgan fingerprint density at radius 1 is 1.50 bits per heavy atom. The van der Waals surface area contributed by atoms with Crippen molar-refractivity contribution in [3.05, 3.63) is 29.8 Å². The number of hydrogen-bond donors (Lipinski definition) is 3. The molecule has 0 bridgehead atoms. The number of hydrogen-bond acceptors (Lipinski definition) is 3. The van der Waals surface area contributed by atoms with Gasteiger partial charge in [0.1, 0.15) is 5.54 Å². The van der Waals surface area contributed by atoms with Gasteiger partial charge in [0, 0.05) is 11.3 Å². The third-order valence-electron chi connectivity index (χ3n) is 2.00. The normalized spacial score (nSPS) is 14.8. The molecule has 14 heavy (non-hydrogen) atoms. The molecular formula is C10H13NO2S. The first-order valence-electron chi connectivity index (χ1n) is 4.22. The number of benzene rings is 1. The molecule has 0 radical (unpaired) electrons. The first-order chi connectivity index (χ1) is 6.42. The second-order valence-corrected chi connectivity index (χ2v) is 4.08. The first kappa shape index (κ1) is 11.1. The van der Waals surface area contributed by atoms with Crippen LogP contribution in [0.15, 0.2) is 29.2 Å². The molecule has 0 aromatic heterocycles. The zero-order chi connectivity index (χ0) is 10.8. The SMILES string of the molecule is C[C@@](N)(Cc1ccc(S)cc1)C(=O)O. The van der Waals surface area contributed by atoms with Crippen molar-refractivity contribution >= 4 is 18.6 Å². The smallest absolute Gasteiger partial charge is 0.323 e. The Morgan fingerprint density at radius 3 is 2.43 bits per heavy atom. The molecule has 76 valence electrons. The van der Waals surface area contributed by atoms with Crippen LogP contribution in [0, 0.1) is 0 Å². The fourth-order valence-electron chi connectivity index (χ4n) is 1.11. The number of nitrogens with two attached hydrogens (primary N) is 1. The molecule has 0 heterocycles. The molecule has 1 aromatic carbocycles. The summed E-state index contributed by atoms with van der Waals surface area (Å²) >= 11 is 4.14. The van der Waals surface area contributed by atoms with E-state index in [1.54, 1.807) is 0 Å². The van der Waals surface area contributed by atoms with Gasteiger partial charge in [-0.3, -0.25) is 4.79 Å². The standard InChI is InChI=1S/C10H13NO2S/c1-10(11,9(12)13)6-7-2-4-8(14)5-3-7/h2-5,14H,6,11H2,1H3,(H,12,13)/t10-/m1/s1. The van der Waals surface area contributed by atoms with Crippen molar-refractivity contribution in [1.29, 1.82) is 0 Å². The molecule has 0 aliphatic heterocycles. The molecule has 0 saturated heterocycles. The van der Waals surface area contributed by atoms with Crippen molar-refractivity contribution in [3.8, 4) is 0 Å². The lowest BCUT2D eigenvalue weighted by molar-refractivity contribution is -0.142. The van der Waals surface area contributed by atoms with E-state index in [9.17, 15) is 4.79 Å². The van der Waals surface area contributed by atoms with Gasteiger partial charge in [0.15, 0.2) is 0 Å². The molecule has 0 amide bonds. The summed E-state index contributed by atoms with van der Waals surface area (Å²) in [6, 6.07) is 7.29. The van der Waals surface area contributed by atoms with Crippen LogP contribution in [0.1, 0.15) is 12.5 Å². The van der Waals surface area contributed by atoms with Crippen molar-refractivity contribution < 1.29 is 9.90 Å². The zero-order valence-electron chi connectivity index (χ0n) is 7.90. The second kappa shape index (κ2) is 4.02. The Labute approximate surface area is 88.3 Å². The highest BCUT2D eigenvalue weighted by atomic mass is 32.1. The molecule has 1 rings (SSSR count). The summed E-state index contributed by atoms with van der Waals surface area (Å²) in [5.41, 5.74) is 5.30. The van der Waals surface area contributed by atoms with Gasteiger partial charge >= 0.3 is 5.97 Å². The summed E-state index contributed by atoms with van der Waals surface area (Å²) in [4.78, 5) is 11.6. The predicted molar refractivity (Wildman–Crippen MR) is 57.6 cm³/mol. The van der Waals surface area contributed by atoms with Gasteiger partial charge in [-0.05, 0) is 24.6 Å². The van der Waals surface area contributed by atoms with Crippen molar-refractivity contribution in [3.63, 3.8) is 0 Å². The van der Waals surface area contributed by atoms with E-state index in [-0.39, 0.29) is 0 Å². The Bertz CT molecular complexity index is 332. The highest BCUT2D eigenvalue weighted by molar-refractivity contribution is 7.80. The highest BCUT2D eigenvalue weighted by Crippen LogP contribution is 2.13. The molecular weight excluding hydrogens is 198 g/mol. The maximum Gasteiger partial charge on any atom is 0.323 e. The van der Waals surface area contributed by atoms with E-state index in [2.05, 4.69) is 12.6 Å². The molecule has 1 atom stereocenters. The Kier molecular flexibility index (Phi) is 3.18. The summed E-state index contributed by atoms with van der Waals surface area (Å²) in [5.74, 6) is -0.993. The predicted octanol–water partition coefficient (Wildman–Crippen LogP) is 1.32. The van der Waals surface area contributed by atoms with Gasteiger partial charge < -0.3 is 10.8 Å². The van der Waals surface area contributed by atoms with Gasteiger partial charge in [0.25, 0.3) is 0 Å². The monoisotopic (exact) mass is 211 g/mol.